The van der Waals surface area contributed by atoms with Gasteiger partial charge in [0.15, 0.2) is 0 Å². The van der Waals surface area contributed by atoms with Gasteiger partial charge in [0.2, 0.25) is 0 Å². The van der Waals surface area contributed by atoms with Gasteiger partial charge in [-0.2, -0.15) is 0 Å². The Morgan fingerprint density at radius 2 is 2.05 bits per heavy atom. The molecule has 0 unspecified atom stereocenters. The monoisotopic (exact) mass is 279 g/mol. The number of aromatic nitrogens is 1. The van der Waals surface area contributed by atoms with E-state index in [0.717, 1.165) is 5.56 Å². The number of carbonyl (C=O) groups is 1. The number of nitrogens with one attached hydrogen (secondary N) is 1. The van der Waals surface area contributed by atoms with Gasteiger partial charge in [-0.15, -0.1) is 0 Å². The molecule has 0 bridgehead atoms. The number of hydrogen-bond acceptors (Lipinski definition) is 3. The van der Waals surface area contributed by atoms with Gasteiger partial charge in [0, 0.05) is 24.5 Å². The van der Waals surface area contributed by atoms with Crippen LogP contribution in [0.25, 0.3) is 0 Å². The molecule has 4 nitrogen and oxygen atoms in total. The summed E-state index contributed by atoms with van der Waals surface area (Å²) >= 11 is 0. The topological polar surface area (TPSA) is 68.0 Å². The minimum Gasteiger partial charge on any atom is -0.348 e. The Bertz CT molecular complexity index is 681. The highest BCUT2D eigenvalue weighted by Crippen LogP contribution is 2.05. The molecule has 3 N–H and O–H groups in total. The van der Waals surface area contributed by atoms with Crippen LogP contribution >= 0.6 is 0 Å². The van der Waals surface area contributed by atoms with Crippen LogP contribution in [0.15, 0.2) is 42.7 Å². The lowest BCUT2D eigenvalue weighted by atomic mass is 10.1. The van der Waals surface area contributed by atoms with E-state index in [1.54, 1.807) is 12.3 Å². The van der Waals surface area contributed by atoms with Crippen LogP contribution in [0.1, 0.15) is 27.0 Å². The zero-order valence-corrected chi connectivity index (χ0v) is 11.9. The first-order valence-electron chi connectivity index (χ1n) is 6.67. The van der Waals surface area contributed by atoms with Crippen molar-refractivity contribution in [3.05, 3.63) is 65.0 Å². The van der Waals surface area contributed by atoms with E-state index >= 15 is 0 Å². The molecular weight excluding hydrogens is 262 g/mol. The lowest BCUT2D eigenvalue weighted by molar-refractivity contribution is 0.0950. The number of carbonyl (C=O) groups excluding carboxylic acids is 1. The Morgan fingerprint density at radius 1 is 1.29 bits per heavy atom. The minimum absolute atomic E-state index is 0.167. The molecule has 0 saturated heterocycles. The first kappa shape index (κ1) is 14.8. The molecule has 0 spiro atoms. The summed E-state index contributed by atoms with van der Waals surface area (Å²) in [5, 5.41) is 2.87. The zero-order valence-electron chi connectivity index (χ0n) is 11.9. The van der Waals surface area contributed by atoms with Crippen LogP contribution in [0.4, 0.5) is 0 Å². The molecule has 106 valence electrons. The molecule has 0 aliphatic heterocycles. The van der Waals surface area contributed by atoms with E-state index < -0.39 is 0 Å². The number of pyridine rings is 1. The van der Waals surface area contributed by atoms with Gasteiger partial charge in [0.05, 0.1) is 12.1 Å². The van der Waals surface area contributed by atoms with Gasteiger partial charge in [0.1, 0.15) is 0 Å². The van der Waals surface area contributed by atoms with Crippen molar-refractivity contribution in [2.45, 2.75) is 13.5 Å². The summed E-state index contributed by atoms with van der Waals surface area (Å²) in [6, 6.07) is 9.74. The molecule has 1 amide bonds. The predicted molar refractivity (Wildman–Crippen MR) is 82.5 cm³/mol. The maximum atomic E-state index is 12.1. The third-order valence-corrected chi connectivity index (χ3v) is 2.91. The van der Waals surface area contributed by atoms with Gasteiger partial charge in [-0.1, -0.05) is 41.7 Å². The average molecular weight is 279 g/mol. The number of nitrogens with zero attached hydrogens (tertiary/aromatic N) is 1. The lowest BCUT2D eigenvalue weighted by Gasteiger charge is -2.06. The van der Waals surface area contributed by atoms with E-state index in [-0.39, 0.29) is 12.5 Å². The molecule has 0 radical (unpaired) electrons. The number of hydrogen-bond donors (Lipinski definition) is 2. The Balaban J connectivity index is 2.01. The second kappa shape index (κ2) is 7.22. The fourth-order valence-electron chi connectivity index (χ4n) is 1.78. The van der Waals surface area contributed by atoms with Crippen LogP contribution in [0.2, 0.25) is 0 Å². The van der Waals surface area contributed by atoms with E-state index in [1.807, 2.05) is 31.2 Å². The first-order valence-corrected chi connectivity index (χ1v) is 6.67. The SMILES string of the molecule is Cc1ccc(CNC(=O)c2cncc(C#CCN)c2)cc1. The average Bonchev–Trinajstić information content (AvgIpc) is 2.52. The second-order valence-electron chi connectivity index (χ2n) is 4.64. The molecule has 1 aromatic heterocycles. The van der Waals surface area contributed by atoms with Crippen LogP contribution in [0.5, 0.6) is 0 Å². The standard InChI is InChI=1S/C17H17N3O/c1-13-4-6-14(7-5-13)11-20-17(21)16-9-15(3-2-8-18)10-19-12-16/h4-7,9-10,12H,8,11,18H2,1H3,(H,20,21). The van der Waals surface area contributed by atoms with Gasteiger partial charge in [-0.3, -0.25) is 9.78 Å². The molecule has 2 aromatic rings. The quantitative estimate of drug-likeness (QED) is 0.839. The zero-order chi connectivity index (χ0) is 15.1. The van der Waals surface area contributed by atoms with Crippen LogP contribution in [0, 0.1) is 18.8 Å². The number of amides is 1. The van der Waals surface area contributed by atoms with Crippen molar-refractivity contribution in [3.63, 3.8) is 0 Å². The molecule has 21 heavy (non-hydrogen) atoms. The summed E-state index contributed by atoms with van der Waals surface area (Å²) in [6.07, 6.45) is 3.14. The van der Waals surface area contributed by atoms with Crippen molar-refractivity contribution in [2.75, 3.05) is 6.54 Å². The van der Waals surface area contributed by atoms with Crippen molar-refractivity contribution in [1.29, 1.82) is 0 Å². The van der Waals surface area contributed by atoms with Crippen molar-refractivity contribution in [3.8, 4) is 11.8 Å². The Morgan fingerprint density at radius 3 is 2.76 bits per heavy atom. The molecule has 0 aliphatic carbocycles. The molecule has 0 atom stereocenters. The van der Waals surface area contributed by atoms with Gasteiger partial charge in [-0.25, -0.2) is 0 Å². The minimum atomic E-state index is -0.167. The summed E-state index contributed by atoms with van der Waals surface area (Å²) in [5.41, 5.74) is 8.75. The van der Waals surface area contributed by atoms with Crippen LogP contribution in [-0.4, -0.2) is 17.4 Å². The van der Waals surface area contributed by atoms with Crippen molar-refractivity contribution in [1.82, 2.24) is 10.3 Å². The maximum absolute atomic E-state index is 12.1. The largest absolute Gasteiger partial charge is 0.348 e. The molecule has 1 aromatic carbocycles. The Kier molecular flexibility index (Phi) is 5.08. The highest BCUT2D eigenvalue weighted by Gasteiger charge is 2.06. The summed E-state index contributed by atoms with van der Waals surface area (Å²) in [4.78, 5) is 16.1. The first-order chi connectivity index (χ1) is 10.2. The fraction of sp³-hybridized carbons (Fsp3) is 0.176. The van der Waals surface area contributed by atoms with Crippen molar-refractivity contribution < 1.29 is 4.79 Å². The van der Waals surface area contributed by atoms with E-state index in [2.05, 4.69) is 22.1 Å². The smallest absolute Gasteiger partial charge is 0.253 e. The molecule has 4 heteroatoms. The van der Waals surface area contributed by atoms with Gasteiger partial charge >= 0.3 is 0 Å². The number of nitrogens with two attached hydrogens (primary N) is 1. The van der Waals surface area contributed by atoms with Gasteiger partial charge < -0.3 is 11.1 Å². The Hall–Kier alpha value is -2.64. The Labute approximate surface area is 124 Å². The molecule has 0 aliphatic rings. The van der Waals surface area contributed by atoms with E-state index in [1.165, 1.54) is 11.8 Å². The molecule has 1 heterocycles. The highest BCUT2D eigenvalue weighted by molar-refractivity contribution is 5.94. The lowest BCUT2D eigenvalue weighted by Crippen LogP contribution is -2.23. The number of benzene rings is 1. The summed E-state index contributed by atoms with van der Waals surface area (Å²) < 4.78 is 0. The normalized spacial score (nSPS) is 9.62. The van der Waals surface area contributed by atoms with Gasteiger partial charge in [0.25, 0.3) is 5.91 Å². The second-order valence-corrected chi connectivity index (χ2v) is 4.64. The van der Waals surface area contributed by atoms with Crippen molar-refractivity contribution in [2.24, 2.45) is 5.73 Å². The summed E-state index contributed by atoms with van der Waals surface area (Å²) in [7, 11) is 0. The predicted octanol–water partition coefficient (Wildman–Crippen LogP) is 1.63. The number of aryl methyl sites for hydroxylation is 1. The molecule has 0 saturated carbocycles. The molecule has 2 rings (SSSR count). The maximum Gasteiger partial charge on any atom is 0.253 e. The van der Waals surface area contributed by atoms with Crippen LogP contribution in [-0.2, 0) is 6.54 Å². The number of rotatable bonds is 3. The summed E-state index contributed by atoms with van der Waals surface area (Å²) in [6.45, 7) is 2.80. The van der Waals surface area contributed by atoms with Crippen LogP contribution < -0.4 is 11.1 Å². The fourth-order valence-corrected chi connectivity index (χ4v) is 1.78. The molecule has 0 fully saturated rings. The molecular formula is C17H17N3O. The van der Waals surface area contributed by atoms with Gasteiger partial charge in [-0.05, 0) is 18.6 Å². The van der Waals surface area contributed by atoms with E-state index in [9.17, 15) is 4.79 Å². The van der Waals surface area contributed by atoms with E-state index in [0.29, 0.717) is 17.7 Å². The van der Waals surface area contributed by atoms with Crippen molar-refractivity contribution >= 4 is 5.91 Å². The highest BCUT2D eigenvalue weighted by atomic mass is 16.1. The summed E-state index contributed by atoms with van der Waals surface area (Å²) in [5.74, 6) is 5.43. The third kappa shape index (κ3) is 4.44. The van der Waals surface area contributed by atoms with E-state index in [4.69, 9.17) is 5.73 Å². The van der Waals surface area contributed by atoms with Crippen LogP contribution in [0.3, 0.4) is 0 Å². The third-order valence-electron chi connectivity index (χ3n) is 2.91.